The largest absolute Gasteiger partial charge is 0.351 e. The Bertz CT molecular complexity index is 788. The van der Waals surface area contributed by atoms with E-state index < -0.39 is 4.92 Å². The number of nitro groups is 1. The van der Waals surface area contributed by atoms with Crippen LogP contribution in [0.15, 0.2) is 24.3 Å². The quantitative estimate of drug-likeness (QED) is 0.573. The normalized spacial score (nSPS) is 11.0. The summed E-state index contributed by atoms with van der Waals surface area (Å²) in [5.41, 5.74) is 1.61. The van der Waals surface area contributed by atoms with Gasteiger partial charge in [0.2, 0.25) is 5.91 Å². The summed E-state index contributed by atoms with van der Waals surface area (Å²) in [6.45, 7) is 6.42. The van der Waals surface area contributed by atoms with E-state index in [1.807, 2.05) is 11.8 Å². The van der Waals surface area contributed by atoms with Gasteiger partial charge in [0, 0.05) is 6.54 Å². The average molecular weight is 363 g/mol. The maximum Gasteiger partial charge on any atom is 0.312 e. The molecule has 0 atom stereocenters. The number of hydrogen-bond acceptors (Lipinski definition) is 5. The molecular weight excluding hydrogens is 341 g/mol. The van der Waals surface area contributed by atoms with E-state index in [0.717, 1.165) is 5.56 Å². The highest BCUT2D eigenvalue weighted by molar-refractivity contribution is 5.77. The summed E-state index contributed by atoms with van der Waals surface area (Å²) in [4.78, 5) is 24.6. The van der Waals surface area contributed by atoms with Crippen molar-refractivity contribution in [2.45, 2.75) is 34.0 Å². The van der Waals surface area contributed by atoms with Gasteiger partial charge in [0.25, 0.3) is 0 Å². The third-order valence-corrected chi connectivity index (χ3v) is 4.08. The molecule has 0 bridgehead atoms. The molecule has 0 spiro atoms. The van der Waals surface area contributed by atoms with Gasteiger partial charge in [-0.25, -0.2) is 9.07 Å². The van der Waals surface area contributed by atoms with Crippen molar-refractivity contribution < 1.29 is 14.1 Å². The summed E-state index contributed by atoms with van der Waals surface area (Å²) >= 11 is 0. The van der Waals surface area contributed by atoms with Gasteiger partial charge in [-0.15, -0.1) is 0 Å². The van der Waals surface area contributed by atoms with Crippen LogP contribution in [0.4, 0.5) is 10.1 Å². The molecule has 0 aliphatic heterocycles. The summed E-state index contributed by atoms with van der Waals surface area (Å²) in [5, 5.41) is 18.1. The van der Waals surface area contributed by atoms with Gasteiger partial charge in [-0.2, -0.15) is 5.10 Å². The molecule has 9 heteroatoms. The van der Waals surface area contributed by atoms with Crippen LogP contribution in [0.1, 0.15) is 23.9 Å². The van der Waals surface area contributed by atoms with Crippen molar-refractivity contribution in [1.82, 2.24) is 20.0 Å². The molecule has 2 aromatic rings. The van der Waals surface area contributed by atoms with E-state index in [1.165, 1.54) is 16.8 Å². The maximum absolute atomic E-state index is 12.9. The van der Waals surface area contributed by atoms with Crippen molar-refractivity contribution in [2.75, 3.05) is 13.1 Å². The molecule has 1 N–H and O–H groups in total. The topological polar surface area (TPSA) is 93.3 Å². The molecule has 0 radical (unpaired) electrons. The molecule has 1 amide bonds. The SMILES string of the molecule is CCN(CC(=O)NCc1ccc(F)cc1)Cn1nc(C)c([N+](=O)[O-])c1C. The van der Waals surface area contributed by atoms with Crippen LogP contribution in [0.3, 0.4) is 0 Å². The number of hydrogen-bond donors (Lipinski definition) is 1. The van der Waals surface area contributed by atoms with Gasteiger partial charge < -0.3 is 5.32 Å². The summed E-state index contributed by atoms with van der Waals surface area (Å²) in [7, 11) is 0. The van der Waals surface area contributed by atoms with E-state index >= 15 is 0 Å². The molecule has 0 aliphatic rings. The highest BCUT2D eigenvalue weighted by Gasteiger charge is 2.22. The third-order valence-electron chi connectivity index (χ3n) is 4.08. The van der Waals surface area contributed by atoms with Gasteiger partial charge in [0.15, 0.2) is 0 Å². The first-order valence-electron chi connectivity index (χ1n) is 8.23. The molecule has 0 fully saturated rings. The standard InChI is InChI=1S/C17H22FN5O3/c1-4-21(11-22-13(3)17(23(25)26)12(2)20-22)10-16(24)19-9-14-5-7-15(18)8-6-14/h5-8H,4,9-11H2,1-3H3,(H,19,24). The Labute approximate surface area is 150 Å². The molecule has 2 rings (SSSR count). The molecule has 0 unspecified atom stereocenters. The van der Waals surface area contributed by atoms with Gasteiger partial charge in [0.05, 0.1) is 18.1 Å². The van der Waals surface area contributed by atoms with E-state index in [2.05, 4.69) is 10.4 Å². The number of benzene rings is 1. The second kappa shape index (κ2) is 8.52. The van der Waals surface area contributed by atoms with Gasteiger partial charge in [0.1, 0.15) is 17.2 Å². The van der Waals surface area contributed by atoms with Crippen LogP contribution in [0, 0.1) is 29.8 Å². The minimum Gasteiger partial charge on any atom is -0.351 e. The van der Waals surface area contributed by atoms with E-state index in [4.69, 9.17) is 0 Å². The number of aromatic nitrogens is 2. The second-order valence-corrected chi connectivity index (χ2v) is 5.97. The number of aryl methyl sites for hydroxylation is 1. The van der Waals surface area contributed by atoms with Crippen LogP contribution >= 0.6 is 0 Å². The third kappa shape index (κ3) is 4.85. The number of carbonyl (C=O) groups is 1. The van der Waals surface area contributed by atoms with Crippen LogP contribution < -0.4 is 5.32 Å². The van der Waals surface area contributed by atoms with E-state index in [1.54, 1.807) is 26.0 Å². The van der Waals surface area contributed by atoms with Crippen LogP contribution in [0.2, 0.25) is 0 Å². The van der Waals surface area contributed by atoms with Gasteiger partial charge >= 0.3 is 5.69 Å². The predicted molar refractivity (Wildman–Crippen MR) is 93.8 cm³/mol. The molecule has 0 saturated heterocycles. The molecule has 1 aromatic heterocycles. The Morgan fingerprint density at radius 2 is 2.00 bits per heavy atom. The number of halogens is 1. The fourth-order valence-electron chi connectivity index (χ4n) is 2.60. The highest BCUT2D eigenvalue weighted by atomic mass is 19.1. The maximum atomic E-state index is 12.9. The van der Waals surface area contributed by atoms with Gasteiger partial charge in [-0.1, -0.05) is 19.1 Å². The molecule has 140 valence electrons. The second-order valence-electron chi connectivity index (χ2n) is 5.97. The van der Waals surface area contributed by atoms with Crippen molar-refractivity contribution in [3.8, 4) is 0 Å². The summed E-state index contributed by atoms with van der Waals surface area (Å²) in [6.07, 6.45) is 0. The smallest absolute Gasteiger partial charge is 0.312 e. The number of rotatable bonds is 8. The molecule has 1 heterocycles. The lowest BCUT2D eigenvalue weighted by Gasteiger charge is -2.20. The Hall–Kier alpha value is -2.81. The lowest BCUT2D eigenvalue weighted by atomic mass is 10.2. The average Bonchev–Trinajstić information content (AvgIpc) is 2.87. The van der Waals surface area contributed by atoms with Crippen molar-refractivity contribution in [3.05, 3.63) is 57.1 Å². The minimum absolute atomic E-state index is 0.00168. The molecule has 0 aliphatic carbocycles. The van der Waals surface area contributed by atoms with Crippen LogP contribution in [0.25, 0.3) is 0 Å². The summed E-state index contributed by atoms with van der Waals surface area (Å²) in [6, 6.07) is 5.91. The Morgan fingerprint density at radius 3 is 2.54 bits per heavy atom. The zero-order valence-corrected chi connectivity index (χ0v) is 15.0. The van der Waals surface area contributed by atoms with Gasteiger partial charge in [-0.3, -0.25) is 19.8 Å². The van der Waals surface area contributed by atoms with Crippen molar-refractivity contribution in [2.24, 2.45) is 0 Å². The molecule has 0 saturated carbocycles. The van der Waals surface area contributed by atoms with Crippen molar-refractivity contribution >= 4 is 11.6 Å². The van der Waals surface area contributed by atoms with Crippen LogP contribution in [-0.4, -0.2) is 38.6 Å². The lowest BCUT2D eigenvalue weighted by molar-refractivity contribution is -0.386. The molecule has 26 heavy (non-hydrogen) atoms. The molecule has 8 nitrogen and oxygen atoms in total. The highest BCUT2D eigenvalue weighted by Crippen LogP contribution is 2.21. The number of amides is 1. The first-order chi connectivity index (χ1) is 12.3. The molecule has 1 aromatic carbocycles. The summed E-state index contributed by atoms with van der Waals surface area (Å²) < 4.78 is 14.4. The Kier molecular flexibility index (Phi) is 6.40. The van der Waals surface area contributed by atoms with E-state index in [0.29, 0.717) is 24.5 Å². The summed E-state index contributed by atoms with van der Waals surface area (Å²) in [5.74, 6) is -0.511. The van der Waals surface area contributed by atoms with Crippen molar-refractivity contribution in [3.63, 3.8) is 0 Å². The molecular formula is C17H22FN5O3. The lowest BCUT2D eigenvalue weighted by Crippen LogP contribution is -2.38. The number of likely N-dealkylation sites (N-methyl/N-ethyl adjacent to an activating group) is 1. The van der Waals surface area contributed by atoms with Crippen LogP contribution in [0.5, 0.6) is 0 Å². The van der Waals surface area contributed by atoms with E-state index in [-0.39, 0.29) is 30.6 Å². The number of carbonyl (C=O) groups excluding carboxylic acids is 1. The van der Waals surface area contributed by atoms with Crippen molar-refractivity contribution in [1.29, 1.82) is 0 Å². The zero-order chi connectivity index (χ0) is 19.3. The number of nitrogens with zero attached hydrogens (tertiary/aromatic N) is 4. The number of nitrogens with one attached hydrogen (secondary N) is 1. The predicted octanol–water partition coefficient (Wildman–Crippen LogP) is 2.14. The first kappa shape index (κ1) is 19.5. The monoisotopic (exact) mass is 363 g/mol. The van der Waals surface area contributed by atoms with Crippen LogP contribution in [-0.2, 0) is 18.0 Å². The first-order valence-corrected chi connectivity index (χ1v) is 8.23. The van der Waals surface area contributed by atoms with Gasteiger partial charge in [-0.05, 0) is 38.1 Å². The van der Waals surface area contributed by atoms with E-state index in [9.17, 15) is 19.3 Å². The fourth-order valence-corrected chi connectivity index (χ4v) is 2.60. The Balaban J connectivity index is 1.94. The minimum atomic E-state index is -0.445. The zero-order valence-electron chi connectivity index (χ0n) is 15.0. The Morgan fingerprint density at radius 1 is 1.35 bits per heavy atom. The fraction of sp³-hybridized carbons (Fsp3) is 0.412.